The Balaban J connectivity index is 1.62. The third-order valence-electron chi connectivity index (χ3n) is 5.20. The van der Waals surface area contributed by atoms with E-state index in [4.69, 9.17) is 9.84 Å². The summed E-state index contributed by atoms with van der Waals surface area (Å²) in [6, 6.07) is 5.87. The Bertz CT molecular complexity index is 952. The van der Waals surface area contributed by atoms with E-state index in [0.717, 1.165) is 24.1 Å². The van der Waals surface area contributed by atoms with Gasteiger partial charge in [-0.3, -0.25) is 9.48 Å². The molecule has 2 aromatic rings. The van der Waals surface area contributed by atoms with Crippen molar-refractivity contribution in [3.63, 3.8) is 0 Å². The minimum atomic E-state index is -4.72. The quantitative estimate of drug-likeness (QED) is 0.817. The molecule has 2 N–H and O–H groups in total. The number of nitrogens with zero attached hydrogens (tertiary/aromatic N) is 2. The molecule has 6 nitrogen and oxygen atoms in total. The van der Waals surface area contributed by atoms with E-state index in [2.05, 4.69) is 10.4 Å². The number of ether oxygens (including phenoxy) is 1. The average molecular weight is 407 g/mol. The summed E-state index contributed by atoms with van der Waals surface area (Å²) in [5.74, 6) is -0.716. The molecule has 0 fully saturated rings. The second-order valence-electron chi connectivity index (χ2n) is 7.09. The number of alkyl halides is 3. The third kappa shape index (κ3) is 3.74. The van der Waals surface area contributed by atoms with Crippen LogP contribution >= 0.6 is 0 Å². The fraction of sp³-hybridized carbons (Fsp3) is 0.400. The maximum Gasteiger partial charge on any atom is 0.429 e. The zero-order valence-corrected chi connectivity index (χ0v) is 15.4. The Morgan fingerprint density at radius 1 is 1.34 bits per heavy atom. The first-order chi connectivity index (χ1) is 13.9. The Kier molecular flexibility index (Phi) is 5.08. The van der Waals surface area contributed by atoms with Gasteiger partial charge in [0, 0.05) is 16.8 Å². The number of carbonyl (C=O) groups is 1. The molecule has 0 saturated carbocycles. The third-order valence-corrected chi connectivity index (χ3v) is 5.20. The molecule has 2 heterocycles. The van der Waals surface area contributed by atoms with E-state index in [-0.39, 0.29) is 12.4 Å². The van der Waals surface area contributed by atoms with Gasteiger partial charge in [-0.1, -0.05) is 18.2 Å². The number of fused-ring (bicyclic) bond motifs is 2. The van der Waals surface area contributed by atoms with Crippen molar-refractivity contribution in [2.75, 3.05) is 6.61 Å². The molecule has 1 aliphatic carbocycles. The van der Waals surface area contributed by atoms with E-state index in [0.29, 0.717) is 18.5 Å². The number of para-hydroxylation sites is 1. The van der Waals surface area contributed by atoms with Crippen molar-refractivity contribution in [2.45, 2.75) is 44.1 Å². The highest BCUT2D eigenvalue weighted by molar-refractivity contribution is 6.00. The Morgan fingerprint density at radius 3 is 2.90 bits per heavy atom. The van der Waals surface area contributed by atoms with Crippen LogP contribution in [-0.2, 0) is 17.8 Å². The molecular formula is C20H20F3N3O3. The number of rotatable bonds is 4. The van der Waals surface area contributed by atoms with Gasteiger partial charge in [0.2, 0.25) is 6.10 Å². The SMILES string of the molecule is O=C(NC1CCCc2c1cnn2CCO)C1=Cc2ccccc2OC1C(F)(F)F. The lowest BCUT2D eigenvalue weighted by atomic mass is 9.92. The highest BCUT2D eigenvalue weighted by atomic mass is 19.4. The number of hydrogen-bond acceptors (Lipinski definition) is 4. The molecule has 1 aromatic heterocycles. The Hall–Kier alpha value is -2.81. The molecule has 0 bridgehead atoms. The number of nitrogens with one attached hydrogen (secondary N) is 1. The number of aliphatic hydroxyl groups excluding tert-OH is 1. The fourth-order valence-electron chi connectivity index (χ4n) is 3.87. The molecule has 1 aromatic carbocycles. The van der Waals surface area contributed by atoms with Gasteiger partial charge in [-0.2, -0.15) is 18.3 Å². The predicted molar refractivity (Wildman–Crippen MR) is 98.0 cm³/mol. The van der Waals surface area contributed by atoms with Crippen LogP contribution in [-0.4, -0.2) is 39.7 Å². The molecular weight excluding hydrogens is 387 g/mol. The van der Waals surface area contributed by atoms with Crippen LogP contribution in [0.5, 0.6) is 5.75 Å². The molecule has 1 amide bonds. The zero-order valence-electron chi connectivity index (χ0n) is 15.4. The monoisotopic (exact) mass is 407 g/mol. The van der Waals surface area contributed by atoms with Gasteiger partial charge >= 0.3 is 6.18 Å². The maximum atomic E-state index is 13.6. The highest BCUT2D eigenvalue weighted by Gasteiger charge is 2.48. The number of halogens is 3. The van der Waals surface area contributed by atoms with Gasteiger partial charge in [-0.25, -0.2) is 0 Å². The van der Waals surface area contributed by atoms with E-state index in [9.17, 15) is 18.0 Å². The first-order valence-electron chi connectivity index (χ1n) is 9.39. The molecule has 154 valence electrons. The Labute approximate surface area is 165 Å². The Morgan fingerprint density at radius 2 is 2.14 bits per heavy atom. The minimum absolute atomic E-state index is 0.0674. The molecule has 0 saturated heterocycles. The van der Waals surface area contributed by atoms with Crippen molar-refractivity contribution in [1.29, 1.82) is 0 Å². The molecule has 0 spiro atoms. The van der Waals surface area contributed by atoms with Crippen molar-refractivity contribution in [3.05, 3.63) is 52.9 Å². The van der Waals surface area contributed by atoms with Crippen molar-refractivity contribution in [2.24, 2.45) is 0 Å². The van der Waals surface area contributed by atoms with Gasteiger partial charge in [0.1, 0.15) is 5.75 Å². The van der Waals surface area contributed by atoms with Crippen molar-refractivity contribution < 1.29 is 27.8 Å². The highest BCUT2D eigenvalue weighted by Crippen LogP contribution is 2.38. The largest absolute Gasteiger partial charge is 0.475 e. The first kappa shape index (κ1) is 19.5. The molecule has 9 heteroatoms. The number of amides is 1. The van der Waals surface area contributed by atoms with E-state index in [1.165, 1.54) is 12.1 Å². The molecule has 1 aliphatic heterocycles. The van der Waals surface area contributed by atoms with Crippen LogP contribution in [0.25, 0.3) is 6.08 Å². The molecule has 0 radical (unpaired) electrons. The van der Waals surface area contributed by atoms with Gasteiger partial charge in [0.15, 0.2) is 0 Å². The van der Waals surface area contributed by atoms with Crippen LogP contribution in [0.1, 0.15) is 35.7 Å². The van der Waals surface area contributed by atoms with E-state index >= 15 is 0 Å². The van der Waals surface area contributed by atoms with E-state index in [1.54, 1.807) is 29.1 Å². The summed E-state index contributed by atoms with van der Waals surface area (Å²) in [6.07, 6.45) is -2.09. The van der Waals surface area contributed by atoms with Gasteiger partial charge < -0.3 is 15.2 Å². The van der Waals surface area contributed by atoms with Crippen molar-refractivity contribution >= 4 is 12.0 Å². The maximum absolute atomic E-state index is 13.6. The fourth-order valence-corrected chi connectivity index (χ4v) is 3.87. The smallest absolute Gasteiger partial charge is 0.429 e. The molecule has 29 heavy (non-hydrogen) atoms. The number of carbonyl (C=O) groups excluding carboxylic acids is 1. The average Bonchev–Trinajstić information content (AvgIpc) is 3.10. The van der Waals surface area contributed by atoms with Crippen LogP contribution in [0.4, 0.5) is 13.2 Å². The summed E-state index contributed by atoms with van der Waals surface area (Å²) in [7, 11) is 0. The van der Waals surface area contributed by atoms with Crippen LogP contribution in [0.3, 0.4) is 0 Å². The van der Waals surface area contributed by atoms with Gasteiger partial charge in [-0.15, -0.1) is 0 Å². The standard InChI is InChI=1S/C20H20F3N3O3/c21-20(22,23)18-13(10-12-4-1-2-7-17(12)29-18)19(28)25-15-5-3-6-16-14(15)11-24-26(16)8-9-27/h1-2,4,7,10-11,15,18,27H,3,5-6,8-9H2,(H,25,28). The second-order valence-corrected chi connectivity index (χ2v) is 7.09. The summed E-state index contributed by atoms with van der Waals surface area (Å²) in [4.78, 5) is 12.8. The number of aromatic nitrogens is 2. The molecule has 2 aliphatic rings. The molecule has 2 atom stereocenters. The molecule has 2 unspecified atom stereocenters. The number of aliphatic hydroxyl groups is 1. The lowest BCUT2D eigenvalue weighted by Crippen LogP contribution is -2.44. The summed E-state index contributed by atoms with van der Waals surface area (Å²) in [5.41, 5.74) is 1.63. The summed E-state index contributed by atoms with van der Waals surface area (Å²) < 4.78 is 47.5. The summed E-state index contributed by atoms with van der Waals surface area (Å²) in [6.45, 7) is 0.268. The second kappa shape index (κ2) is 7.55. The number of benzene rings is 1. The molecule has 4 rings (SSSR count). The van der Waals surface area contributed by atoms with Gasteiger partial charge in [0.25, 0.3) is 5.91 Å². The summed E-state index contributed by atoms with van der Waals surface area (Å²) >= 11 is 0. The predicted octanol–water partition coefficient (Wildman–Crippen LogP) is 2.78. The number of hydrogen-bond donors (Lipinski definition) is 2. The minimum Gasteiger partial charge on any atom is -0.475 e. The van der Waals surface area contributed by atoms with Gasteiger partial charge in [-0.05, 0) is 31.4 Å². The van der Waals surface area contributed by atoms with Gasteiger partial charge in [0.05, 0.1) is 31.0 Å². The normalized spacial score (nSPS) is 20.9. The summed E-state index contributed by atoms with van der Waals surface area (Å²) in [5, 5.41) is 16.1. The van der Waals surface area contributed by atoms with Crippen LogP contribution < -0.4 is 10.1 Å². The van der Waals surface area contributed by atoms with Crippen LogP contribution in [0.15, 0.2) is 36.0 Å². The first-order valence-corrected chi connectivity index (χ1v) is 9.39. The zero-order chi connectivity index (χ0) is 20.6. The van der Waals surface area contributed by atoms with E-state index in [1.807, 2.05) is 0 Å². The lowest BCUT2D eigenvalue weighted by Gasteiger charge is -2.30. The van der Waals surface area contributed by atoms with Crippen LogP contribution in [0, 0.1) is 0 Å². The van der Waals surface area contributed by atoms with Crippen molar-refractivity contribution in [1.82, 2.24) is 15.1 Å². The van der Waals surface area contributed by atoms with Crippen molar-refractivity contribution in [3.8, 4) is 5.75 Å². The van der Waals surface area contributed by atoms with E-state index < -0.39 is 29.8 Å². The lowest BCUT2D eigenvalue weighted by molar-refractivity contribution is -0.185. The topological polar surface area (TPSA) is 76.4 Å². The van der Waals surface area contributed by atoms with Crippen LogP contribution in [0.2, 0.25) is 0 Å².